The van der Waals surface area contributed by atoms with Crippen LogP contribution in [0.3, 0.4) is 0 Å². The molecule has 0 bridgehead atoms. The first-order chi connectivity index (χ1) is 10.7. The number of likely N-dealkylation sites (tertiary alicyclic amines) is 2. The summed E-state index contributed by atoms with van der Waals surface area (Å²) < 4.78 is 6.28. The number of ether oxygens (including phenoxy) is 1. The van der Waals surface area contributed by atoms with Crippen molar-refractivity contribution in [3.05, 3.63) is 28.2 Å². The van der Waals surface area contributed by atoms with Crippen LogP contribution in [0, 0.1) is 0 Å². The Kier molecular flexibility index (Phi) is 5.03. The lowest BCUT2D eigenvalue weighted by molar-refractivity contribution is 0.0641. The summed E-state index contributed by atoms with van der Waals surface area (Å²) in [5.41, 5.74) is 0.658. The van der Waals surface area contributed by atoms with Crippen molar-refractivity contribution >= 4 is 21.8 Å². The molecule has 2 fully saturated rings. The first kappa shape index (κ1) is 15.8. The topological polar surface area (TPSA) is 32.8 Å². The quantitative estimate of drug-likeness (QED) is 0.823. The molecule has 120 valence electrons. The van der Waals surface area contributed by atoms with Gasteiger partial charge in [0.05, 0.1) is 12.7 Å². The van der Waals surface area contributed by atoms with Gasteiger partial charge >= 0.3 is 0 Å². The van der Waals surface area contributed by atoms with Crippen LogP contribution >= 0.6 is 15.9 Å². The second-order valence-electron chi connectivity index (χ2n) is 6.11. The number of hydrogen-bond donors (Lipinski definition) is 0. The zero-order valence-electron chi connectivity index (χ0n) is 13.1. The van der Waals surface area contributed by atoms with Crippen molar-refractivity contribution in [1.82, 2.24) is 9.80 Å². The fraction of sp³-hybridized carbons (Fsp3) is 0.588. The predicted molar refractivity (Wildman–Crippen MR) is 90.4 cm³/mol. The van der Waals surface area contributed by atoms with Gasteiger partial charge in [-0.2, -0.15) is 0 Å². The van der Waals surface area contributed by atoms with Crippen LogP contribution in [-0.4, -0.2) is 55.0 Å². The molecule has 1 amide bonds. The number of hydrogen-bond acceptors (Lipinski definition) is 3. The number of halogens is 1. The molecule has 0 radical (unpaired) electrons. The van der Waals surface area contributed by atoms with E-state index in [0.29, 0.717) is 17.4 Å². The highest BCUT2D eigenvalue weighted by Crippen LogP contribution is 2.27. The van der Waals surface area contributed by atoms with E-state index in [-0.39, 0.29) is 5.91 Å². The lowest BCUT2D eigenvalue weighted by Gasteiger charge is -2.36. The number of nitrogens with zero attached hydrogens (tertiary/aromatic N) is 2. The van der Waals surface area contributed by atoms with E-state index in [1.54, 1.807) is 7.11 Å². The van der Waals surface area contributed by atoms with Gasteiger partial charge in [0.2, 0.25) is 0 Å². The summed E-state index contributed by atoms with van der Waals surface area (Å²) in [6, 6.07) is 6.26. The third-order valence-electron chi connectivity index (χ3n) is 4.80. The summed E-state index contributed by atoms with van der Waals surface area (Å²) in [5, 5.41) is 0. The number of amides is 1. The zero-order valence-corrected chi connectivity index (χ0v) is 14.6. The molecule has 5 heteroatoms. The maximum Gasteiger partial charge on any atom is 0.257 e. The van der Waals surface area contributed by atoms with Gasteiger partial charge in [0.1, 0.15) is 5.75 Å². The molecule has 4 nitrogen and oxygen atoms in total. The number of piperidine rings is 1. The van der Waals surface area contributed by atoms with E-state index in [0.717, 1.165) is 30.4 Å². The van der Waals surface area contributed by atoms with Crippen LogP contribution in [0.25, 0.3) is 0 Å². The lowest BCUT2D eigenvalue weighted by atomic mass is 10.0. The highest BCUT2D eigenvalue weighted by molar-refractivity contribution is 9.10. The first-order valence-electron chi connectivity index (χ1n) is 8.06. The summed E-state index contributed by atoms with van der Waals surface area (Å²) in [6.07, 6.45) is 4.83. The maximum atomic E-state index is 12.7. The van der Waals surface area contributed by atoms with E-state index in [2.05, 4.69) is 20.8 Å². The minimum absolute atomic E-state index is 0.0872. The summed E-state index contributed by atoms with van der Waals surface area (Å²) >= 11 is 3.42. The van der Waals surface area contributed by atoms with Gasteiger partial charge in [0.15, 0.2) is 0 Å². The molecular weight excluding hydrogens is 344 g/mol. The highest BCUT2D eigenvalue weighted by atomic mass is 79.9. The van der Waals surface area contributed by atoms with E-state index in [4.69, 9.17) is 4.74 Å². The van der Waals surface area contributed by atoms with Crippen LogP contribution in [-0.2, 0) is 0 Å². The van der Waals surface area contributed by atoms with Gasteiger partial charge in [-0.05, 0) is 57.0 Å². The Balaban J connectivity index is 1.64. The molecule has 2 aliphatic rings. The van der Waals surface area contributed by atoms with E-state index >= 15 is 0 Å². The fourth-order valence-electron chi connectivity index (χ4n) is 3.55. The van der Waals surface area contributed by atoms with Crippen LogP contribution < -0.4 is 4.74 Å². The number of methoxy groups -OCH3 is 1. The molecule has 0 unspecified atom stereocenters. The van der Waals surface area contributed by atoms with E-state index < -0.39 is 0 Å². The van der Waals surface area contributed by atoms with Gasteiger partial charge < -0.3 is 14.5 Å². The molecular formula is C17H23BrN2O2. The first-order valence-corrected chi connectivity index (χ1v) is 8.85. The van der Waals surface area contributed by atoms with Crippen LogP contribution in [0.4, 0.5) is 0 Å². The van der Waals surface area contributed by atoms with E-state index in [1.807, 2.05) is 23.1 Å². The average molecular weight is 367 g/mol. The van der Waals surface area contributed by atoms with Crippen molar-refractivity contribution in [3.8, 4) is 5.75 Å². The third-order valence-corrected chi connectivity index (χ3v) is 5.30. The molecule has 2 heterocycles. The molecule has 22 heavy (non-hydrogen) atoms. The van der Waals surface area contributed by atoms with Crippen LogP contribution in [0.2, 0.25) is 0 Å². The number of carbonyl (C=O) groups is 1. The minimum Gasteiger partial charge on any atom is -0.496 e. The molecule has 0 aliphatic carbocycles. The van der Waals surface area contributed by atoms with Gasteiger partial charge in [0, 0.05) is 23.6 Å². The Morgan fingerprint density at radius 2 is 1.86 bits per heavy atom. The molecule has 0 atom stereocenters. The minimum atomic E-state index is 0.0872. The molecule has 1 aromatic rings. The molecule has 1 aromatic carbocycles. The molecule has 0 saturated carbocycles. The number of benzene rings is 1. The highest BCUT2D eigenvalue weighted by Gasteiger charge is 2.29. The fourth-order valence-corrected chi connectivity index (χ4v) is 3.89. The van der Waals surface area contributed by atoms with Gasteiger partial charge in [-0.1, -0.05) is 15.9 Å². The summed E-state index contributed by atoms with van der Waals surface area (Å²) in [5.74, 6) is 0.727. The van der Waals surface area contributed by atoms with E-state index in [9.17, 15) is 4.79 Å². The Bertz CT molecular complexity index is 535. The molecule has 3 rings (SSSR count). The molecule has 0 N–H and O–H groups in total. The zero-order chi connectivity index (χ0) is 15.5. The van der Waals surface area contributed by atoms with Gasteiger partial charge in [-0.15, -0.1) is 0 Å². The second-order valence-corrected chi connectivity index (χ2v) is 7.03. The van der Waals surface area contributed by atoms with Crippen molar-refractivity contribution in [2.45, 2.75) is 31.7 Å². The second kappa shape index (κ2) is 7.01. The van der Waals surface area contributed by atoms with Crippen molar-refractivity contribution in [2.24, 2.45) is 0 Å². The summed E-state index contributed by atoms with van der Waals surface area (Å²) in [6.45, 7) is 4.16. The monoisotopic (exact) mass is 366 g/mol. The van der Waals surface area contributed by atoms with Crippen LogP contribution in [0.5, 0.6) is 5.75 Å². The lowest BCUT2D eigenvalue weighted by Crippen LogP contribution is -2.45. The Morgan fingerprint density at radius 3 is 2.50 bits per heavy atom. The standard InChI is InChI=1S/C17H23BrN2O2/c1-22-16-12-13(18)4-5-15(16)17(21)20-10-6-14(7-11-20)19-8-2-3-9-19/h4-5,12,14H,2-3,6-11H2,1H3. The largest absolute Gasteiger partial charge is 0.496 e. The summed E-state index contributed by atoms with van der Waals surface area (Å²) in [4.78, 5) is 17.3. The van der Waals surface area contributed by atoms with Crippen molar-refractivity contribution < 1.29 is 9.53 Å². The molecule has 0 aromatic heterocycles. The Labute approximate surface area is 140 Å². The summed E-state index contributed by atoms with van der Waals surface area (Å²) in [7, 11) is 1.61. The molecule has 2 aliphatic heterocycles. The Morgan fingerprint density at radius 1 is 1.18 bits per heavy atom. The SMILES string of the molecule is COc1cc(Br)ccc1C(=O)N1CCC(N2CCCC2)CC1. The van der Waals surface area contributed by atoms with Crippen LogP contribution in [0.1, 0.15) is 36.0 Å². The molecule has 2 saturated heterocycles. The van der Waals surface area contributed by atoms with Crippen molar-refractivity contribution in [1.29, 1.82) is 0 Å². The number of rotatable bonds is 3. The van der Waals surface area contributed by atoms with Gasteiger partial charge in [-0.3, -0.25) is 4.79 Å². The third kappa shape index (κ3) is 3.30. The predicted octanol–water partition coefficient (Wildman–Crippen LogP) is 3.16. The van der Waals surface area contributed by atoms with Crippen molar-refractivity contribution in [2.75, 3.05) is 33.3 Å². The van der Waals surface area contributed by atoms with Crippen molar-refractivity contribution in [3.63, 3.8) is 0 Å². The van der Waals surface area contributed by atoms with Gasteiger partial charge in [-0.25, -0.2) is 0 Å². The maximum absolute atomic E-state index is 12.7. The average Bonchev–Trinajstić information content (AvgIpc) is 3.08. The number of carbonyl (C=O) groups excluding carboxylic acids is 1. The molecule has 0 spiro atoms. The van der Waals surface area contributed by atoms with Crippen LogP contribution in [0.15, 0.2) is 22.7 Å². The smallest absolute Gasteiger partial charge is 0.257 e. The normalized spacial score (nSPS) is 20.4. The van der Waals surface area contributed by atoms with E-state index in [1.165, 1.54) is 25.9 Å². The van der Waals surface area contributed by atoms with Gasteiger partial charge in [0.25, 0.3) is 5.91 Å². The Hall–Kier alpha value is -1.07.